The van der Waals surface area contributed by atoms with Gasteiger partial charge in [-0.05, 0) is 96.3 Å². The molecule has 0 fully saturated rings. The van der Waals surface area contributed by atoms with Gasteiger partial charge in [-0.15, -0.1) is 0 Å². The number of allylic oxidation sites excluding steroid dienone is 10. The molecule has 0 amide bonds. The molecule has 0 aromatic carbocycles. The van der Waals surface area contributed by atoms with Gasteiger partial charge < -0.3 is 14.2 Å². The summed E-state index contributed by atoms with van der Waals surface area (Å²) < 4.78 is 16.8. The molecule has 1 unspecified atom stereocenters. The van der Waals surface area contributed by atoms with Crippen molar-refractivity contribution in [1.82, 2.24) is 0 Å². The van der Waals surface area contributed by atoms with Crippen molar-refractivity contribution in [1.29, 1.82) is 0 Å². The SMILES string of the molecule is CC/C=C\C/C=C\CCCCCCCC(=O)OCC(COC(=O)CCCCCCCCC/C=C\CCCCCCCCCC)OC(=O)CCCCC/C=C\C=C/CCCCCCCCC. The molecule has 0 bridgehead atoms. The van der Waals surface area contributed by atoms with Gasteiger partial charge in [0.2, 0.25) is 0 Å². The molecule has 0 aliphatic carbocycles. The Bertz CT molecular complexity index is 1180. The van der Waals surface area contributed by atoms with Gasteiger partial charge in [-0.25, -0.2) is 0 Å². The molecule has 0 aliphatic heterocycles. The van der Waals surface area contributed by atoms with E-state index in [-0.39, 0.29) is 31.1 Å². The van der Waals surface area contributed by atoms with E-state index in [1.54, 1.807) is 0 Å². The maximum absolute atomic E-state index is 12.8. The Morgan fingerprint density at radius 2 is 0.646 bits per heavy atom. The van der Waals surface area contributed by atoms with E-state index >= 15 is 0 Å². The Morgan fingerprint density at radius 3 is 1.05 bits per heavy atom. The van der Waals surface area contributed by atoms with Crippen LogP contribution in [0.5, 0.6) is 0 Å². The molecule has 0 heterocycles. The molecule has 0 saturated carbocycles. The van der Waals surface area contributed by atoms with E-state index < -0.39 is 6.10 Å². The molecule has 0 rings (SSSR count). The van der Waals surface area contributed by atoms with E-state index in [1.165, 1.54) is 135 Å². The number of hydrogen-bond acceptors (Lipinski definition) is 6. The Labute approximate surface area is 402 Å². The van der Waals surface area contributed by atoms with Crippen molar-refractivity contribution in [3.8, 4) is 0 Å². The lowest BCUT2D eigenvalue weighted by atomic mass is 10.1. The summed E-state index contributed by atoms with van der Waals surface area (Å²) in [5.74, 6) is -0.930. The minimum absolute atomic E-state index is 0.0912. The Balaban J connectivity index is 4.39. The molecule has 1 atom stereocenters. The Hall–Kier alpha value is -2.89. The average Bonchev–Trinajstić information content (AvgIpc) is 3.30. The van der Waals surface area contributed by atoms with E-state index in [9.17, 15) is 14.4 Å². The number of hydrogen-bond donors (Lipinski definition) is 0. The zero-order valence-electron chi connectivity index (χ0n) is 43.0. The van der Waals surface area contributed by atoms with E-state index in [4.69, 9.17) is 14.2 Å². The third-order valence-corrected chi connectivity index (χ3v) is 12.0. The van der Waals surface area contributed by atoms with Gasteiger partial charge in [0, 0.05) is 19.3 Å². The largest absolute Gasteiger partial charge is 0.462 e. The monoisotopic (exact) mass is 909 g/mol. The Morgan fingerprint density at radius 1 is 0.338 bits per heavy atom. The molecule has 0 saturated heterocycles. The van der Waals surface area contributed by atoms with E-state index in [0.29, 0.717) is 19.3 Å². The summed E-state index contributed by atoms with van der Waals surface area (Å²) in [6, 6.07) is 0. The van der Waals surface area contributed by atoms with Gasteiger partial charge in [-0.2, -0.15) is 0 Å². The fourth-order valence-corrected chi connectivity index (χ4v) is 7.82. The predicted molar refractivity (Wildman–Crippen MR) is 279 cm³/mol. The summed E-state index contributed by atoms with van der Waals surface area (Å²) in [6.07, 6.45) is 66.4. The minimum Gasteiger partial charge on any atom is -0.462 e. The second kappa shape index (κ2) is 53.7. The zero-order chi connectivity index (χ0) is 47.2. The van der Waals surface area contributed by atoms with Crippen molar-refractivity contribution in [3.63, 3.8) is 0 Å². The number of rotatable bonds is 50. The highest BCUT2D eigenvalue weighted by Crippen LogP contribution is 2.15. The third-order valence-electron chi connectivity index (χ3n) is 12.0. The lowest BCUT2D eigenvalue weighted by Gasteiger charge is -2.18. The highest BCUT2D eigenvalue weighted by molar-refractivity contribution is 5.71. The van der Waals surface area contributed by atoms with Crippen LogP contribution in [0.15, 0.2) is 60.8 Å². The molecule has 6 nitrogen and oxygen atoms in total. The van der Waals surface area contributed by atoms with Crippen molar-refractivity contribution in [2.75, 3.05) is 13.2 Å². The molecule has 0 aromatic rings. The number of unbranched alkanes of at least 4 members (excludes halogenated alkanes) is 30. The van der Waals surface area contributed by atoms with E-state index in [2.05, 4.69) is 81.5 Å². The van der Waals surface area contributed by atoms with Crippen LogP contribution in [0.3, 0.4) is 0 Å². The summed E-state index contributed by atoms with van der Waals surface area (Å²) in [7, 11) is 0. The van der Waals surface area contributed by atoms with Gasteiger partial charge in [-0.1, -0.05) is 223 Å². The summed E-state index contributed by atoms with van der Waals surface area (Å²) in [6.45, 7) is 6.50. The summed E-state index contributed by atoms with van der Waals surface area (Å²) in [4.78, 5) is 38.0. The van der Waals surface area contributed by atoms with Crippen molar-refractivity contribution >= 4 is 17.9 Å². The highest BCUT2D eigenvalue weighted by Gasteiger charge is 2.19. The van der Waals surface area contributed by atoms with Gasteiger partial charge >= 0.3 is 17.9 Å². The molecule has 65 heavy (non-hydrogen) atoms. The van der Waals surface area contributed by atoms with Gasteiger partial charge in [0.05, 0.1) is 0 Å². The van der Waals surface area contributed by atoms with Crippen LogP contribution in [0.2, 0.25) is 0 Å². The molecule has 6 heteroatoms. The standard InChI is InChI=1S/C59H104O6/c1-4-7-10-13-16-19-22-25-27-29-30-31-33-34-37-40-43-46-49-52-58(61)64-55-56(54-63-57(60)51-48-45-42-39-36-24-21-18-15-12-9-6-3)65-59(62)53-50-47-44-41-38-35-32-28-26-23-20-17-14-11-8-5-2/h9,12,18,21,28-30,32,35,38,56H,4-8,10-11,13-17,19-20,22-27,31,33-34,36-37,39-55H2,1-3H3/b12-9-,21-18-,30-29-,32-28-,38-35-. The molecular formula is C59H104O6. The first-order valence-electron chi connectivity index (χ1n) is 27.8. The number of esters is 3. The number of ether oxygens (including phenoxy) is 3. The molecule has 0 aromatic heterocycles. The zero-order valence-corrected chi connectivity index (χ0v) is 43.0. The first-order chi connectivity index (χ1) is 32.0. The molecule has 0 N–H and O–H groups in total. The van der Waals surface area contributed by atoms with Crippen LogP contribution in [-0.2, 0) is 28.6 Å². The molecule has 0 aliphatic rings. The van der Waals surface area contributed by atoms with Crippen LogP contribution >= 0.6 is 0 Å². The average molecular weight is 909 g/mol. The van der Waals surface area contributed by atoms with Crippen LogP contribution in [0.1, 0.15) is 278 Å². The Kier molecular flexibility index (Phi) is 51.3. The summed E-state index contributed by atoms with van der Waals surface area (Å²) in [5.41, 5.74) is 0. The van der Waals surface area contributed by atoms with Gasteiger partial charge in [0.25, 0.3) is 0 Å². The second-order valence-corrected chi connectivity index (χ2v) is 18.5. The predicted octanol–water partition coefficient (Wildman–Crippen LogP) is 18.4. The van der Waals surface area contributed by atoms with E-state index in [0.717, 1.165) is 103 Å². The lowest BCUT2D eigenvalue weighted by Crippen LogP contribution is -2.30. The quantitative estimate of drug-likeness (QED) is 0.0199. The molecule has 0 spiro atoms. The van der Waals surface area contributed by atoms with Crippen molar-refractivity contribution in [3.05, 3.63) is 60.8 Å². The normalized spacial score (nSPS) is 12.5. The van der Waals surface area contributed by atoms with Crippen molar-refractivity contribution in [2.24, 2.45) is 0 Å². The number of carbonyl (C=O) groups is 3. The lowest BCUT2D eigenvalue weighted by molar-refractivity contribution is -0.167. The maximum atomic E-state index is 12.8. The smallest absolute Gasteiger partial charge is 0.306 e. The van der Waals surface area contributed by atoms with Gasteiger partial charge in [0.15, 0.2) is 6.10 Å². The van der Waals surface area contributed by atoms with Crippen LogP contribution in [-0.4, -0.2) is 37.2 Å². The van der Waals surface area contributed by atoms with Crippen LogP contribution < -0.4 is 0 Å². The van der Waals surface area contributed by atoms with Gasteiger partial charge in [0.1, 0.15) is 13.2 Å². The molecule has 0 radical (unpaired) electrons. The maximum Gasteiger partial charge on any atom is 0.306 e. The van der Waals surface area contributed by atoms with Crippen LogP contribution in [0.25, 0.3) is 0 Å². The third kappa shape index (κ3) is 51.9. The summed E-state index contributed by atoms with van der Waals surface area (Å²) >= 11 is 0. The summed E-state index contributed by atoms with van der Waals surface area (Å²) in [5, 5.41) is 0. The minimum atomic E-state index is -0.795. The van der Waals surface area contributed by atoms with Crippen molar-refractivity contribution in [2.45, 2.75) is 284 Å². The first kappa shape index (κ1) is 62.1. The number of carbonyl (C=O) groups excluding carboxylic acids is 3. The highest BCUT2D eigenvalue weighted by atomic mass is 16.6. The molecular weight excluding hydrogens is 805 g/mol. The topological polar surface area (TPSA) is 78.9 Å². The van der Waals surface area contributed by atoms with Crippen LogP contribution in [0.4, 0.5) is 0 Å². The molecule has 376 valence electrons. The first-order valence-corrected chi connectivity index (χ1v) is 27.8. The fraction of sp³-hybridized carbons (Fsp3) is 0.780. The fourth-order valence-electron chi connectivity index (χ4n) is 7.82. The van der Waals surface area contributed by atoms with Gasteiger partial charge in [-0.3, -0.25) is 14.4 Å². The van der Waals surface area contributed by atoms with Crippen LogP contribution in [0, 0.1) is 0 Å². The van der Waals surface area contributed by atoms with Crippen molar-refractivity contribution < 1.29 is 28.6 Å². The second-order valence-electron chi connectivity index (χ2n) is 18.5. The van der Waals surface area contributed by atoms with E-state index in [1.807, 2.05) is 0 Å².